The first-order chi connectivity index (χ1) is 5.72. The van der Waals surface area contributed by atoms with E-state index in [1.165, 1.54) is 0 Å². The number of hydrogen-bond acceptors (Lipinski definition) is 2. The summed E-state index contributed by atoms with van der Waals surface area (Å²) in [6.07, 6.45) is 4.30. The van der Waals surface area contributed by atoms with Crippen LogP contribution in [0.1, 0.15) is 33.1 Å². The highest BCUT2D eigenvalue weighted by Crippen LogP contribution is 1.98. The van der Waals surface area contributed by atoms with Gasteiger partial charge in [-0.25, -0.2) is 0 Å². The van der Waals surface area contributed by atoms with Crippen molar-refractivity contribution in [3.05, 3.63) is 0 Å². The lowest BCUT2D eigenvalue weighted by atomic mass is 10.1. The summed E-state index contributed by atoms with van der Waals surface area (Å²) in [5.74, 6) is -1.18. The first-order valence-electron chi connectivity index (χ1n) is 4.45. The fourth-order valence-electron chi connectivity index (χ4n) is 0.795. The van der Waals surface area contributed by atoms with Gasteiger partial charge in [0.15, 0.2) is 0 Å². The Labute approximate surface area is 73.5 Å². The van der Waals surface area contributed by atoms with Gasteiger partial charge in [0.1, 0.15) is 0 Å². The van der Waals surface area contributed by atoms with Gasteiger partial charge in [-0.05, 0) is 12.8 Å². The van der Waals surface area contributed by atoms with Gasteiger partial charge < -0.3 is 5.11 Å². The zero-order valence-corrected chi connectivity index (χ0v) is 7.79. The Morgan fingerprint density at radius 1 is 1.58 bits per heavy atom. The molecule has 3 nitrogen and oxygen atoms in total. The lowest BCUT2D eigenvalue weighted by molar-refractivity contribution is -0.139. The summed E-state index contributed by atoms with van der Waals surface area (Å²) in [5, 5.41) is 8.64. The largest absolute Gasteiger partial charge is 0.481 e. The first-order valence-corrected chi connectivity index (χ1v) is 4.45. The van der Waals surface area contributed by atoms with Gasteiger partial charge in [-0.2, -0.15) is 0 Å². The molecule has 3 heteroatoms. The molecule has 70 valence electrons. The van der Waals surface area contributed by atoms with Crippen molar-refractivity contribution in [2.24, 2.45) is 10.9 Å². The van der Waals surface area contributed by atoms with Crippen molar-refractivity contribution >= 4 is 12.2 Å². The molecule has 0 aliphatic carbocycles. The van der Waals surface area contributed by atoms with Gasteiger partial charge in [0.05, 0.1) is 5.92 Å². The van der Waals surface area contributed by atoms with Crippen LogP contribution in [0.5, 0.6) is 0 Å². The number of rotatable bonds is 6. The van der Waals surface area contributed by atoms with E-state index in [0.29, 0.717) is 6.42 Å². The normalized spacial score (nSPS) is 13.5. The van der Waals surface area contributed by atoms with Crippen LogP contribution in [0.3, 0.4) is 0 Å². The molecule has 0 radical (unpaired) electrons. The Bertz CT molecular complexity index is 155. The summed E-state index contributed by atoms with van der Waals surface area (Å²) in [6.45, 7) is 4.69. The van der Waals surface area contributed by atoms with Gasteiger partial charge in [0.25, 0.3) is 0 Å². The minimum atomic E-state index is -0.780. The lowest BCUT2D eigenvalue weighted by Gasteiger charge is -2.00. The van der Waals surface area contributed by atoms with Crippen LogP contribution < -0.4 is 0 Å². The number of unbranched alkanes of at least 4 members (excludes halogenated alkanes) is 1. The van der Waals surface area contributed by atoms with Gasteiger partial charge >= 0.3 is 5.97 Å². The average Bonchev–Trinajstić information content (AvgIpc) is 2.04. The molecular formula is C9H17NO2. The number of carboxylic acid groups (broad SMARTS) is 1. The van der Waals surface area contributed by atoms with Crippen LogP contribution >= 0.6 is 0 Å². The number of carbonyl (C=O) groups is 1. The molecule has 1 unspecified atom stereocenters. The number of aliphatic imine (C=N–C) groups is 1. The van der Waals surface area contributed by atoms with Crippen molar-refractivity contribution < 1.29 is 9.90 Å². The zero-order chi connectivity index (χ0) is 9.40. The molecule has 0 fully saturated rings. The van der Waals surface area contributed by atoms with Gasteiger partial charge in [-0.3, -0.25) is 9.79 Å². The third-order valence-electron chi connectivity index (χ3n) is 1.68. The van der Waals surface area contributed by atoms with Crippen LogP contribution in [-0.4, -0.2) is 23.8 Å². The van der Waals surface area contributed by atoms with Gasteiger partial charge in [0, 0.05) is 12.8 Å². The molecule has 0 aliphatic rings. The Morgan fingerprint density at radius 2 is 2.25 bits per heavy atom. The quantitative estimate of drug-likeness (QED) is 0.490. The number of nitrogens with zero attached hydrogens (tertiary/aromatic N) is 1. The molecule has 0 heterocycles. The Morgan fingerprint density at radius 3 is 2.67 bits per heavy atom. The highest BCUT2D eigenvalue weighted by molar-refractivity contribution is 5.88. The molecule has 0 bridgehead atoms. The Balaban J connectivity index is 3.69. The number of aliphatic carboxylic acids is 1. The van der Waals surface area contributed by atoms with Crippen LogP contribution in [0, 0.1) is 5.92 Å². The molecule has 0 aliphatic heterocycles. The van der Waals surface area contributed by atoms with Crippen molar-refractivity contribution in [2.45, 2.75) is 33.1 Å². The smallest absolute Gasteiger partial charge is 0.311 e. The molecule has 0 rings (SSSR count). The Hall–Kier alpha value is -0.860. The molecule has 12 heavy (non-hydrogen) atoms. The third kappa shape index (κ3) is 4.88. The second kappa shape index (κ2) is 6.83. The molecule has 0 aromatic heterocycles. The standard InChI is InChI=1S/C9H17NO2/c1-3-5-6-10-7-8(4-2)9(11)12/h7-8H,3-6H2,1-2H3,(H,11,12). The summed E-state index contributed by atoms with van der Waals surface area (Å²) in [6, 6.07) is 0. The zero-order valence-electron chi connectivity index (χ0n) is 7.79. The predicted molar refractivity (Wildman–Crippen MR) is 49.7 cm³/mol. The molecule has 0 saturated carbocycles. The third-order valence-corrected chi connectivity index (χ3v) is 1.68. The van der Waals surface area contributed by atoms with E-state index in [0.717, 1.165) is 19.4 Å². The highest BCUT2D eigenvalue weighted by Gasteiger charge is 2.10. The van der Waals surface area contributed by atoms with Crippen molar-refractivity contribution in [3.63, 3.8) is 0 Å². The van der Waals surface area contributed by atoms with Crippen molar-refractivity contribution in [1.29, 1.82) is 0 Å². The molecular weight excluding hydrogens is 154 g/mol. The lowest BCUT2D eigenvalue weighted by Crippen LogP contribution is -2.13. The molecule has 1 atom stereocenters. The van der Waals surface area contributed by atoms with Crippen molar-refractivity contribution in [2.75, 3.05) is 6.54 Å². The van der Waals surface area contributed by atoms with Crippen LogP contribution in [0.25, 0.3) is 0 Å². The van der Waals surface area contributed by atoms with Crippen molar-refractivity contribution in [3.8, 4) is 0 Å². The van der Waals surface area contributed by atoms with E-state index < -0.39 is 11.9 Å². The van der Waals surface area contributed by atoms with E-state index in [1.807, 2.05) is 6.92 Å². The maximum atomic E-state index is 10.5. The first kappa shape index (κ1) is 11.1. The summed E-state index contributed by atoms with van der Waals surface area (Å²) >= 11 is 0. The monoisotopic (exact) mass is 171 g/mol. The fraction of sp³-hybridized carbons (Fsp3) is 0.778. The summed E-state index contributed by atoms with van der Waals surface area (Å²) in [5.41, 5.74) is 0. The van der Waals surface area contributed by atoms with E-state index in [4.69, 9.17) is 5.11 Å². The molecule has 1 N–H and O–H groups in total. The van der Waals surface area contributed by atoms with Crippen LogP contribution in [0.2, 0.25) is 0 Å². The van der Waals surface area contributed by atoms with Gasteiger partial charge in [0.2, 0.25) is 0 Å². The van der Waals surface area contributed by atoms with E-state index in [9.17, 15) is 4.79 Å². The van der Waals surface area contributed by atoms with Gasteiger partial charge in [-0.15, -0.1) is 0 Å². The average molecular weight is 171 g/mol. The molecule has 0 saturated heterocycles. The van der Waals surface area contributed by atoms with Crippen molar-refractivity contribution in [1.82, 2.24) is 0 Å². The van der Waals surface area contributed by atoms with Crippen LogP contribution in [0.4, 0.5) is 0 Å². The fourth-order valence-corrected chi connectivity index (χ4v) is 0.795. The molecule has 0 aromatic carbocycles. The maximum absolute atomic E-state index is 10.5. The summed E-state index contributed by atoms with van der Waals surface area (Å²) in [4.78, 5) is 14.6. The molecule has 0 amide bonds. The minimum absolute atomic E-state index is 0.401. The maximum Gasteiger partial charge on any atom is 0.311 e. The van der Waals surface area contributed by atoms with E-state index in [2.05, 4.69) is 11.9 Å². The number of hydrogen-bond donors (Lipinski definition) is 1. The second-order valence-corrected chi connectivity index (χ2v) is 2.76. The molecule has 0 spiro atoms. The Kier molecular flexibility index (Phi) is 6.34. The SMILES string of the molecule is CCCCN=CC(CC)C(=O)O. The van der Waals surface area contributed by atoms with Gasteiger partial charge in [-0.1, -0.05) is 20.3 Å². The summed E-state index contributed by atoms with van der Waals surface area (Å²) in [7, 11) is 0. The topological polar surface area (TPSA) is 49.7 Å². The van der Waals surface area contributed by atoms with Crippen LogP contribution in [-0.2, 0) is 4.79 Å². The summed E-state index contributed by atoms with van der Waals surface area (Å²) < 4.78 is 0. The molecule has 0 aromatic rings. The second-order valence-electron chi connectivity index (χ2n) is 2.76. The highest BCUT2D eigenvalue weighted by atomic mass is 16.4. The van der Waals surface area contributed by atoms with E-state index in [-0.39, 0.29) is 0 Å². The predicted octanol–water partition coefficient (Wildman–Crippen LogP) is 1.97. The minimum Gasteiger partial charge on any atom is -0.481 e. The van der Waals surface area contributed by atoms with E-state index >= 15 is 0 Å². The van der Waals surface area contributed by atoms with Crippen LogP contribution in [0.15, 0.2) is 4.99 Å². The van der Waals surface area contributed by atoms with E-state index in [1.54, 1.807) is 6.21 Å². The number of carboxylic acids is 1.